The highest BCUT2D eigenvalue weighted by molar-refractivity contribution is 5.83. The van der Waals surface area contributed by atoms with Crippen LogP contribution in [0.25, 0.3) is 0 Å². The van der Waals surface area contributed by atoms with Gasteiger partial charge in [0.2, 0.25) is 0 Å². The second-order valence-electron chi connectivity index (χ2n) is 4.20. The number of carboxylic acids is 1. The number of aliphatic hydroxyl groups is 1. The van der Waals surface area contributed by atoms with E-state index in [2.05, 4.69) is 16.0 Å². The summed E-state index contributed by atoms with van der Waals surface area (Å²) in [7, 11) is 0. The van der Waals surface area contributed by atoms with E-state index < -0.39 is 24.1 Å². The summed E-state index contributed by atoms with van der Waals surface area (Å²) in [5, 5.41) is 26.1. The number of rotatable bonds is 4. The fraction of sp³-hybridized carbons (Fsp3) is 0.800. The Balaban J connectivity index is 2.38. The van der Waals surface area contributed by atoms with Crippen molar-refractivity contribution < 1.29 is 19.8 Å². The number of hydrogen-bond acceptors (Lipinski definition) is 4. The quantitative estimate of drug-likeness (QED) is 0.430. The molecule has 1 rings (SSSR count). The standard InChI is InChI=1S/C10H19N3O4/c1-6(14)8(9(15)16)13-10(17)12-7-2-4-11-5-3-7/h6-8,11,14H,2-5H2,1H3,(H,15,16)(H2,12,13,17). The van der Waals surface area contributed by atoms with E-state index in [4.69, 9.17) is 5.11 Å². The third kappa shape index (κ3) is 4.58. The van der Waals surface area contributed by atoms with Gasteiger partial charge in [-0.2, -0.15) is 0 Å². The first kappa shape index (κ1) is 13.7. The molecule has 1 aliphatic rings. The van der Waals surface area contributed by atoms with E-state index in [0.29, 0.717) is 0 Å². The van der Waals surface area contributed by atoms with Crippen LogP contribution in [0.2, 0.25) is 0 Å². The zero-order valence-electron chi connectivity index (χ0n) is 9.77. The number of hydrogen-bond donors (Lipinski definition) is 5. The number of urea groups is 1. The number of nitrogens with one attached hydrogen (secondary N) is 3. The van der Waals surface area contributed by atoms with Crippen molar-refractivity contribution in [2.24, 2.45) is 0 Å². The zero-order valence-corrected chi connectivity index (χ0v) is 9.77. The third-order valence-corrected chi connectivity index (χ3v) is 2.71. The summed E-state index contributed by atoms with van der Waals surface area (Å²) in [4.78, 5) is 22.3. The van der Waals surface area contributed by atoms with E-state index in [9.17, 15) is 14.7 Å². The molecule has 0 aromatic rings. The van der Waals surface area contributed by atoms with Gasteiger partial charge in [-0.05, 0) is 32.9 Å². The van der Waals surface area contributed by atoms with Gasteiger partial charge in [0.05, 0.1) is 6.10 Å². The Bertz CT molecular complexity index is 277. The minimum Gasteiger partial charge on any atom is -0.480 e. The molecule has 0 aromatic heterocycles. The molecule has 7 heteroatoms. The van der Waals surface area contributed by atoms with E-state index >= 15 is 0 Å². The van der Waals surface area contributed by atoms with Crippen LogP contribution in [0.3, 0.4) is 0 Å². The number of piperidine rings is 1. The van der Waals surface area contributed by atoms with Crippen molar-refractivity contribution in [3.05, 3.63) is 0 Å². The third-order valence-electron chi connectivity index (χ3n) is 2.71. The van der Waals surface area contributed by atoms with Gasteiger partial charge in [-0.15, -0.1) is 0 Å². The summed E-state index contributed by atoms with van der Waals surface area (Å²) in [5.74, 6) is -1.25. The van der Waals surface area contributed by atoms with Crippen LogP contribution < -0.4 is 16.0 Å². The van der Waals surface area contributed by atoms with Crippen LogP contribution in [0, 0.1) is 0 Å². The van der Waals surface area contributed by atoms with E-state index in [1.54, 1.807) is 0 Å². The summed E-state index contributed by atoms with van der Waals surface area (Å²) in [6, 6.07) is -1.78. The van der Waals surface area contributed by atoms with Gasteiger partial charge in [-0.1, -0.05) is 0 Å². The molecule has 7 nitrogen and oxygen atoms in total. The Labute approximate surface area is 99.6 Å². The van der Waals surface area contributed by atoms with Gasteiger partial charge in [0.25, 0.3) is 0 Å². The number of carboxylic acid groups (broad SMARTS) is 1. The van der Waals surface area contributed by atoms with Crippen LogP contribution >= 0.6 is 0 Å². The monoisotopic (exact) mass is 245 g/mol. The first-order valence-corrected chi connectivity index (χ1v) is 5.69. The molecule has 2 amide bonds. The molecule has 2 unspecified atom stereocenters. The predicted octanol–water partition coefficient (Wildman–Crippen LogP) is -1.13. The van der Waals surface area contributed by atoms with Crippen molar-refractivity contribution in [2.45, 2.75) is 38.0 Å². The first-order chi connectivity index (χ1) is 8.00. The van der Waals surface area contributed by atoms with Crippen LogP contribution in [-0.4, -0.2) is 53.5 Å². The summed E-state index contributed by atoms with van der Waals surface area (Å²) < 4.78 is 0. The first-order valence-electron chi connectivity index (χ1n) is 5.69. The topological polar surface area (TPSA) is 111 Å². The molecule has 1 aliphatic heterocycles. The van der Waals surface area contributed by atoms with Gasteiger partial charge >= 0.3 is 12.0 Å². The SMILES string of the molecule is CC(O)C(NC(=O)NC1CCNCC1)C(=O)O. The fourth-order valence-corrected chi connectivity index (χ4v) is 1.72. The minimum atomic E-state index is -1.28. The van der Waals surface area contributed by atoms with Crippen molar-refractivity contribution in [3.63, 3.8) is 0 Å². The lowest BCUT2D eigenvalue weighted by Gasteiger charge is -2.25. The molecule has 1 fully saturated rings. The molecule has 0 aromatic carbocycles. The molecule has 17 heavy (non-hydrogen) atoms. The summed E-state index contributed by atoms with van der Waals surface area (Å²) >= 11 is 0. The number of aliphatic hydroxyl groups excluding tert-OH is 1. The second kappa shape index (κ2) is 6.41. The van der Waals surface area contributed by atoms with Gasteiger partial charge in [0.15, 0.2) is 6.04 Å². The van der Waals surface area contributed by atoms with Crippen molar-refractivity contribution >= 4 is 12.0 Å². The molecular formula is C10H19N3O4. The largest absolute Gasteiger partial charge is 0.480 e. The number of aliphatic carboxylic acids is 1. The van der Waals surface area contributed by atoms with Gasteiger partial charge in [0, 0.05) is 6.04 Å². The lowest BCUT2D eigenvalue weighted by Crippen LogP contribution is -2.54. The Morgan fingerprint density at radius 3 is 2.41 bits per heavy atom. The van der Waals surface area contributed by atoms with Crippen molar-refractivity contribution in [3.8, 4) is 0 Å². The predicted molar refractivity (Wildman–Crippen MR) is 60.7 cm³/mol. The average Bonchev–Trinajstić information content (AvgIpc) is 2.26. The fourth-order valence-electron chi connectivity index (χ4n) is 1.72. The maximum atomic E-state index is 11.5. The zero-order chi connectivity index (χ0) is 12.8. The normalized spacial score (nSPS) is 20.4. The average molecular weight is 245 g/mol. The van der Waals surface area contributed by atoms with E-state index in [0.717, 1.165) is 25.9 Å². The molecule has 98 valence electrons. The number of amides is 2. The summed E-state index contributed by atoms with van der Waals surface area (Å²) in [6.07, 6.45) is 0.505. The Morgan fingerprint density at radius 1 is 1.35 bits per heavy atom. The second-order valence-corrected chi connectivity index (χ2v) is 4.20. The van der Waals surface area contributed by atoms with Crippen LogP contribution in [0.5, 0.6) is 0 Å². The lowest BCUT2D eigenvalue weighted by molar-refractivity contribution is -0.141. The molecule has 0 radical (unpaired) electrons. The van der Waals surface area contributed by atoms with Crippen LogP contribution in [0.15, 0.2) is 0 Å². The van der Waals surface area contributed by atoms with Crippen LogP contribution in [0.1, 0.15) is 19.8 Å². The molecule has 0 saturated carbocycles. The highest BCUT2D eigenvalue weighted by atomic mass is 16.4. The van der Waals surface area contributed by atoms with E-state index in [-0.39, 0.29) is 6.04 Å². The summed E-state index contributed by atoms with van der Waals surface area (Å²) in [5.41, 5.74) is 0. The summed E-state index contributed by atoms with van der Waals surface area (Å²) in [6.45, 7) is 3.00. The molecule has 0 aliphatic carbocycles. The highest BCUT2D eigenvalue weighted by Gasteiger charge is 2.26. The minimum absolute atomic E-state index is 0.0553. The number of carbonyl (C=O) groups is 2. The van der Waals surface area contributed by atoms with Crippen molar-refractivity contribution in [1.29, 1.82) is 0 Å². The van der Waals surface area contributed by atoms with E-state index in [1.807, 2.05) is 0 Å². The molecule has 5 N–H and O–H groups in total. The molecule has 2 atom stereocenters. The molecule has 1 saturated heterocycles. The number of carbonyl (C=O) groups excluding carboxylic acids is 1. The van der Waals surface area contributed by atoms with Crippen molar-refractivity contribution in [1.82, 2.24) is 16.0 Å². The molecule has 0 spiro atoms. The smallest absolute Gasteiger partial charge is 0.328 e. The maximum Gasteiger partial charge on any atom is 0.328 e. The Hall–Kier alpha value is -1.34. The van der Waals surface area contributed by atoms with E-state index in [1.165, 1.54) is 6.92 Å². The highest BCUT2D eigenvalue weighted by Crippen LogP contribution is 2.01. The Morgan fingerprint density at radius 2 is 1.94 bits per heavy atom. The van der Waals surface area contributed by atoms with Gasteiger partial charge < -0.3 is 26.2 Å². The molecular weight excluding hydrogens is 226 g/mol. The molecule has 1 heterocycles. The van der Waals surface area contributed by atoms with Crippen LogP contribution in [-0.2, 0) is 4.79 Å². The van der Waals surface area contributed by atoms with Gasteiger partial charge in [-0.25, -0.2) is 9.59 Å². The lowest BCUT2D eigenvalue weighted by atomic mass is 10.1. The van der Waals surface area contributed by atoms with Crippen LogP contribution in [0.4, 0.5) is 4.79 Å². The maximum absolute atomic E-state index is 11.5. The molecule has 0 bridgehead atoms. The Kier molecular flexibility index (Phi) is 5.17. The van der Waals surface area contributed by atoms with Gasteiger partial charge in [0.1, 0.15) is 0 Å². The van der Waals surface area contributed by atoms with Crippen molar-refractivity contribution in [2.75, 3.05) is 13.1 Å². The van der Waals surface area contributed by atoms with Gasteiger partial charge in [-0.3, -0.25) is 0 Å².